The van der Waals surface area contributed by atoms with Crippen molar-refractivity contribution in [3.63, 3.8) is 0 Å². The summed E-state index contributed by atoms with van der Waals surface area (Å²) in [5.74, 6) is 0. The molecule has 1 aromatic rings. The molecule has 6 nitrogen and oxygen atoms in total. The number of urea groups is 1. The van der Waals surface area contributed by atoms with E-state index in [1.54, 1.807) is 0 Å². The number of hydrogen-bond donors (Lipinski definition) is 2. The highest BCUT2D eigenvalue weighted by atomic mass is 16.5. The third-order valence-corrected chi connectivity index (χ3v) is 5.33. The molecule has 6 heteroatoms. The molecule has 1 unspecified atom stereocenters. The van der Waals surface area contributed by atoms with Crippen molar-refractivity contribution in [1.29, 1.82) is 0 Å². The van der Waals surface area contributed by atoms with E-state index < -0.39 is 0 Å². The quantitative estimate of drug-likeness (QED) is 0.818. The van der Waals surface area contributed by atoms with Crippen LogP contribution in [0, 0.1) is 0 Å². The predicted octanol–water partition coefficient (Wildman–Crippen LogP) is 2.51. The SMILES string of the molecule is CC1CCCCN1Cc1cccc(NC(=O)NCCN2CCOCC2)c1. The summed E-state index contributed by atoms with van der Waals surface area (Å²) in [6.07, 6.45) is 3.90. The molecule has 2 saturated heterocycles. The highest BCUT2D eigenvalue weighted by molar-refractivity contribution is 5.89. The molecule has 144 valence electrons. The maximum atomic E-state index is 12.1. The number of benzene rings is 1. The van der Waals surface area contributed by atoms with Gasteiger partial charge in [-0.2, -0.15) is 0 Å². The first-order chi connectivity index (χ1) is 12.7. The van der Waals surface area contributed by atoms with Gasteiger partial charge >= 0.3 is 6.03 Å². The Bertz CT molecular complexity index is 575. The van der Waals surface area contributed by atoms with Gasteiger partial charge in [-0.3, -0.25) is 9.80 Å². The molecule has 2 fully saturated rings. The first kappa shape index (κ1) is 19.1. The highest BCUT2D eigenvalue weighted by Gasteiger charge is 2.18. The first-order valence-corrected chi connectivity index (χ1v) is 9.88. The standard InChI is InChI=1S/C20H32N4O2/c1-17-5-2-3-9-24(17)16-18-6-4-7-19(15-18)22-20(25)21-8-10-23-11-13-26-14-12-23/h4,6-7,15,17H,2-3,5,8-14,16H2,1H3,(H2,21,22,25). The van der Waals surface area contributed by atoms with Crippen LogP contribution in [0.2, 0.25) is 0 Å². The van der Waals surface area contributed by atoms with Crippen molar-refractivity contribution in [1.82, 2.24) is 15.1 Å². The summed E-state index contributed by atoms with van der Waals surface area (Å²) >= 11 is 0. The summed E-state index contributed by atoms with van der Waals surface area (Å²) in [5.41, 5.74) is 2.11. The van der Waals surface area contributed by atoms with Gasteiger partial charge in [0.25, 0.3) is 0 Å². The van der Waals surface area contributed by atoms with Crippen LogP contribution in [0.25, 0.3) is 0 Å². The van der Waals surface area contributed by atoms with Gasteiger partial charge < -0.3 is 15.4 Å². The fourth-order valence-corrected chi connectivity index (χ4v) is 3.70. The van der Waals surface area contributed by atoms with Crippen molar-refractivity contribution < 1.29 is 9.53 Å². The van der Waals surface area contributed by atoms with Crippen molar-refractivity contribution in [2.75, 3.05) is 51.3 Å². The van der Waals surface area contributed by atoms with Crippen LogP contribution in [0.4, 0.5) is 10.5 Å². The van der Waals surface area contributed by atoms with E-state index in [9.17, 15) is 4.79 Å². The third kappa shape index (κ3) is 5.97. The molecule has 3 rings (SSSR count). The monoisotopic (exact) mass is 360 g/mol. The lowest BCUT2D eigenvalue weighted by Crippen LogP contribution is -2.42. The van der Waals surface area contributed by atoms with Gasteiger partial charge in [-0.05, 0) is 44.0 Å². The number of carbonyl (C=O) groups excluding carboxylic acids is 1. The first-order valence-electron chi connectivity index (χ1n) is 9.88. The molecule has 0 bridgehead atoms. The lowest BCUT2D eigenvalue weighted by atomic mass is 10.0. The normalized spacial score (nSPS) is 22.1. The highest BCUT2D eigenvalue weighted by Crippen LogP contribution is 2.20. The number of hydrogen-bond acceptors (Lipinski definition) is 4. The lowest BCUT2D eigenvalue weighted by molar-refractivity contribution is 0.0388. The molecule has 0 aliphatic carbocycles. The van der Waals surface area contributed by atoms with E-state index in [1.807, 2.05) is 12.1 Å². The van der Waals surface area contributed by atoms with Crippen LogP contribution in [-0.4, -0.2) is 67.8 Å². The van der Waals surface area contributed by atoms with Gasteiger partial charge in [0.15, 0.2) is 0 Å². The largest absolute Gasteiger partial charge is 0.379 e. The van der Waals surface area contributed by atoms with Crippen LogP contribution in [0.1, 0.15) is 31.7 Å². The molecule has 2 aliphatic heterocycles. The molecule has 0 aromatic heterocycles. The zero-order chi connectivity index (χ0) is 18.2. The van der Waals surface area contributed by atoms with E-state index in [0.29, 0.717) is 12.6 Å². The Hall–Kier alpha value is -1.63. The second kappa shape index (κ2) is 9.90. The molecule has 2 aliphatic rings. The zero-order valence-corrected chi connectivity index (χ0v) is 15.9. The number of rotatable bonds is 6. The molecule has 0 spiro atoms. The minimum atomic E-state index is -0.137. The van der Waals surface area contributed by atoms with Crippen LogP contribution in [0.5, 0.6) is 0 Å². The van der Waals surface area contributed by atoms with Gasteiger partial charge in [0, 0.05) is 44.5 Å². The van der Waals surface area contributed by atoms with Crippen LogP contribution < -0.4 is 10.6 Å². The molecule has 0 radical (unpaired) electrons. The van der Waals surface area contributed by atoms with Crippen molar-refractivity contribution >= 4 is 11.7 Å². The maximum absolute atomic E-state index is 12.1. The minimum Gasteiger partial charge on any atom is -0.379 e. The van der Waals surface area contributed by atoms with E-state index in [0.717, 1.165) is 45.1 Å². The Balaban J connectivity index is 1.43. The van der Waals surface area contributed by atoms with Gasteiger partial charge in [-0.25, -0.2) is 4.79 Å². The summed E-state index contributed by atoms with van der Waals surface area (Å²) in [6, 6.07) is 8.70. The number of likely N-dealkylation sites (tertiary alicyclic amines) is 1. The Morgan fingerprint density at radius 2 is 2.08 bits per heavy atom. The third-order valence-electron chi connectivity index (χ3n) is 5.33. The van der Waals surface area contributed by atoms with Gasteiger partial charge in [0.1, 0.15) is 0 Å². The minimum absolute atomic E-state index is 0.137. The van der Waals surface area contributed by atoms with Crippen LogP contribution in [0.3, 0.4) is 0 Å². The molecule has 2 heterocycles. The van der Waals surface area contributed by atoms with Gasteiger partial charge in [0.2, 0.25) is 0 Å². The lowest BCUT2D eigenvalue weighted by Gasteiger charge is -2.33. The van der Waals surface area contributed by atoms with E-state index in [4.69, 9.17) is 4.74 Å². The van der Waals surface area contributed by atoms with Crippen molar-refractivity contribution in [2.45, 2.75) is 38.8 Å². The van der Waals surface area contributed by atoms with Crippen molar-refractivity contribution in [2.24, 2.45) is 0 Å². The topological polar surface area (TPSA) is 56.8 Å². The van der Waals surface area contributed by atoms with E-state index in [-0.39, 0.29) is 6.03 Å². The Labute approximate surface area is 156 Å². The van der Waals surface area contributed by atoms with Crippen LogP contribution in [-0.2, 0) is 11.3 Å². The molecule has 2 N–H and O–H groups in total. The molecule has 1 aromatic carbocycles. The Kier molecular flexibility index (Phi) is 7.29. The predicted molar refractivity (Wildman–Crippen MR) is 104 cm³/mol. The summed E-state index contributed by atoms with van der Waals surface area (Å²) in [7, 11) is 0. The van der Waals surface area contributed by atoms with E-state index in [2.05, 4.69) is 39.5 Å². The number of amides is 2. The average Bonchev–Trinajstić information content (AvgIpc) is 2.65. The summed E-state index contributed by atoms with van der Waals surface area (Å²) < 4.78 is 5.33. The Morgan fingerprint density at radius 1 is 1.23 bits per heavy atom. The Morgan fingerprint density at radius 3 is 2.88 bits per heavy atom. The molecule has 0 saturated carbocycles. The van der Waals surface area contributed by atoms with E-state index in [1.165, 1.54) is 31.4 Å². The summed E-state index contributed by atoms with van der Waals surface area (Å²) in [4.78, 5) is 17.0. The number of ether oxygens (including phenoxy) is 1. The van der Waals surface area contributed by atoms with Gasteiger partial charge in [-0.1, -0.05) is 18.6 Å². The second-order valence-corrected chi connectivity index (χ2v) is 7.35. The van der Waals surface area contributed by atoms with E-state index >= 15 is 0 Å². The number of nitrogens with zero attached hydrogens (tertiary/aromatic N) is 2. The fraction of sp³-hybridized carbons (Fsp3) is 0.650. The molecule has 1 atom stereocenters. The second-order valence-electron chi connectivity index (χ2n) is 7.35. The zero-order valence-electron chi connectivity index (χ0n) is 15.9. The van der Waals surface area contributed by atoms with Gasteiger partial charge in [-0.15, -0.1) is 0 Å². The number of piperidine rings is 1. The summed E-state index contributed by atoms with van der Waals surface area (Å²) in [5, 5.41) is 5.90. The van der Waals surface area contributed by atoms with Crippen LogP contribution >= 0.6 is 0 Å². The number of morpholine rings is 1. The fourth-order valence-electron chi connectivity index (χ4n) is 3.70. The van der Waals surface area contributed by atoms with Crippen molar-refractivity contribution in [3.8, 4) is 0 Å². The van der Waals surface area contributed by atoms with Crippen molar-refractivity contribution in [3.05, 3.63) is 29.8 Å². The molecule has 26 heavy (non-hydrogen) atoms. The molecule has 2 amide bonds. The number of nitrogens with one attached hydrogen (secondary N) is 2. The molecular formula is C20H32N4O2. The molecular weight excluding hydrogens is 328 g/mol. The van der Waals surface area contributed by atoms with Crippen LogP contribution in [0.15, 0.2) is 24.3 Å². The number of anilines is 1. The summed E-state index contributed by atoms with van der Waals surface area (Å²) in [6.45, 7) is 9.41. The number of carbonyl (C=O) groups is 1. The van der Waals surface area contributed by atoms with Gasteiger partial charge in [0.05, 0.1) is 13.2 Å². The smallest absolute Gasteiger partial charge is 0.319 e. The maximum Gasteiger partial charge on any atom is 0.319 e. The average molecular weight is 361 g/mol.